The van der Waals surface area contributed by atoms with Crippen LogP contribution in [0.4, 0.5) is 0 Å². The molecule has 1 saturated carbocycles. The van der Waals surface area contributed by atoms with E-state index in [1.54, 1.807) is 0 Å². The van der Waals surface area contributed by atoms with Crippen molar-refractivity contribution < 1.29 is 9.47 Å². The van der Waals surface area contributed by atoms with Gasteiger partial charge < -0.3 is 20.1 Å². The standard InChI is InChI=1S/C17H33N3O2S.HI/c1-3-18-17(20-14-6-4-8-16(12-14)23-2)19-9-11-21-13-15-7-5-10-22-15;/h14-16H,3-13H2,1-2H3,(H2,18,19,20);1H. The molecule has 2 N–H and O–H groups in total. The van der Waals surface area contributed by atoms with Crippen LogP contribution in [0, 0.1) is 0 Å². The predicted octanol–water partition coefficient (Wildman–Crippen LogP) is 3.03. The lowest BCUT2D eigenvalue weighted by molar-refractivity contribution is 0.0200. The lowest BCUT2D eigenvalue weighted by atomic mass is 9.95. The molecule has 2 rings (SSSR count). The average Bonchev–Trinajstić information content (AvgIpc) is 3.08. The zero-order valence-corrected chi connectivity index (χ0v) is 18.2. The van der Waals surface area contributed by atoms with E-state index in [2.05, 4.69) is 28.8 Å². The van der Waals surface area contributed by atoms with Gasteiger partial charge in [-0.25, -0.2) is 0 Å². The number of nitrogens with one attached hydrogen (secondary N) is 2. The number of halogens is 1. The van der Waals surface area contributed by atoms with Gasteiger partial charge in [-0.2, -0.15) is 11.8 Å². The second-order valence-electron chi connectivity index (χ2n) is 6.34. The molecule has 0 spiro atoms. The van der Waals surface area contributed by atoms with Crippen LogP contribution in [0.2, 0.25) is 0 Å². The number of rotatable bonds is 8. The largest absolute Gasteiger partial charge is 0.377 e. The summed E-state index contributed by atoms with van der Waals surface area (Å²) in [5, 5.41) is 7.74. The highest BCUT2D eigenvalue weighted by Gasteiger charge is 2.21. The molecular weight excluding hydrogens is 437 g/mol. The van der Waals surface area contributed by atoms with Crippen LogP contribution < -0.4 is 10.6 Å². The van der Waals surface area contributed by atoms with Crippen LogP contribution in [0.25, 0.3) is 0 Å². The van der Waals surface area contributed by atoms with E-state index < -0.39 is 0 Å². The summed E-state index contributed by atoms with van der Waals surface area (Å²) < 4.78 is 11.2. The molecule has 1 aliphatic carbocycles. The SMILES string of the molecule is CCNC(=NCCOCC1CCCO1)NC1CCCC(SC)C1.I. The quantitative estimate of drug-likeness (QED) is 0.247. The van der Waals surface area contributed by atoms with Crippen LogP contribution in [0.3, 0.4) is 0 Å². The van der Waals surface area contributed by atoms with Crippen molar-refractivity contribution in [2.45, 2.75) is 62.8 Å². The molecule has 0 bridgehead atoms. The van der Waals surface area contributed by atoms with Crippen LogP contribution in [0.1, 0.15) is 45.4 Å². The Bertz CT molecular complexity index is 355. The minimum Gasteiger partial charge on any atom is -0.377 e. The second kappa shape index (κ2) is 13.5. The average molecular weight is 471 g/mol. The van der Waals surface area contributed by atoms with Gasteiger partial charge in [0.2, 0.25) is 0 Å². The Morgan fingerprint density at radius 3 is 2.88 bits per heavy atom. The maximum Gasteiger partial charge on any atom is 0.191 e. The van der Waals surface area contributed by atoms with E-state index in [0.717, 1.165) is 30.8 Å². The van der Waals surface area contributed by atoms with Gasteiger partial charge in [-0.15, -0.1) is 24.0 Å². The van der Waals surface area contributed by atoms with Crippen molar-refractivity contribution in [2.24, 2.45) is 4.99 Å². The smallest absolute Gasteiger partial charge is 0.191 e. The Labute approximate surface area is 168 Å². The van der Waals surface area contributed by atoms with Crippen molar-refractivity contribution in [1.29, 1.82) is 0 Å². The third-order valence-electron chi connectivity index (χ3n) is 4.48. The molecule has 2 aliphatic rings. The summed E-state index contributed by atoms with van der Waals surface area (Å²) in [6.45, 7) is 5.95. The highest BCUT2D eigenvalue weighted by atomic mass is 127. The third-order valence-corrected chi connectivity index (χ3v) is 5.57. The van der Waals surface area contributed by atoms with Crippen molar-refractivity contribution in [3.05, 3.63) is 0 Å². The zero-order chi connectivity index (χ0) is 16.3. The first kappa shape index (κ1) is 22.3. The maximum atomic E-state index is 5.68. The normalized spacial score (nSPS) is 27.6. The Morgan fingerprint density at radius 2 is 2.17 bits per heavy atom. The van der Waals surface area contributed by atoms with Gasteiger partial charge in [0, 0.05) is 24.4 Å². The van der Waals surface area contributed by atoms with Gasteiger partial charge in [0.25, 0.3) is 0 Å². The van der Waals surface area contributed by atoms with Crippen LogP contribution in [0.15, 0.2) is 4.99 Å². The number of hydrogen-bond acceptors (Lipinski definition) is 4. The molecule has 24 heavy (non-hydrogen) atoms. The zero-order valence-electron chi connectivity index (χ0n) is 15.1. The number of aliphatic imine (C=N–C) groups is 1. The molecule has 0 aromatic heterocycles. The van der Waals surface area contributed by atoms with Gasteiger partial charge in [-0.1, -0.05) is 6.42 Å². The van der Waals surface area contributed by atoms with Crippen molar-refractivity contribution >= 4 is 41.7 Å². The second-order valence-corrected chi connectivity index (χ2v) is 7.47. The van der Waals surface area contributed by atoms with E-state index in [-0.39, 0.29) is 24.0 Å². The summed E-state index contributed by atoms with van der Waals surface area (Å²) in [6.07, 6.45) is 9.97. The topological polar surface area (TPSA) is 54.9 Å². The van der Waals surface area contributed by atoms with Crippen molar-refractivity contribution in [3.63, 3.8) is 0 Å². The molecule has 1 aliphatic heterocycles. The Hall–Kier alpha value is 0.270. The summed E-state index contributed by atoms with van der Waals surface area (Å²) in [5.41, 5.74) is 0. The number of guanidine groups is 1. The lowest BCUT2D eigenvalue weighted by Gasteiger charge is -2.29. The van der Waals surface area contributed by atoms with Gasteiger partial charge in [-0.05, 0) is 45.3 Å². The van der Waals surface area contributed by atoms with E-state index in [1.807, 2.05) is 11.8 Å². The minimum atomic E-state index is 0. The number of thioether (sulfide) groups is 1. The van der Waals surface area contributed by atoms with Gasteiger partial charge in [0.15, 0.2) is 5.96 Å². The first-order chi connectivity index (χ1) is 11.3. The molecule has 1 saturated heterocycles. The number of nitrogens with zero attached hydrogens (tertiary/aromatic N) is 1. The maximum absolute atomic E-state index is 5.68. The minimum absolute atomic E-state index is 0. The van der Waals surface area contributed by atoms with Gasteiger partial charge in [0.1, 0.15) is 0 Å². The van der Waals surface area contributed by atoms with Crippen molar-refractivity contribution in [2.75, 3.05) is 39.2 Å². The Kier molecular flexibility index (Phi) is 12.5. The van der Waals surface area contributed by atoms with Gasteiger partial charge >= 0.3 is 0 Å². The van der Waals surface area contributed by atoms with E-state index >= 15 is 0 Å². The molecule has 7 heteroatoms. The van der Waals surface area contributed by atoms with E-state index in [1.165, 1.54) is 32.1 Å². The fourth-order valence-corrected chi connectivity index (χ4v) is 4.04. The number of hydrogen-bond donors (Lipinski definition) is 2. The number of ether oxygens (including phenoxy) is 2. The fraction of sp³-hybridized carbons (Fsp3) is 0.941. The molecular formula is C17H34IN3O2S. The molecule has 0 radical (unpaired) electrons. The summed E-state index contributed by atoms with van der Waals surface area (Å²) in [6, 6.07) is 0.548. The highest BCUT2D eigenvalue weighted by Crippen LogP contribution is 2.26. The van der Waals surface area contributed by atoms with Gasteiger partial charge in [-0.3, -0.25) is 4.99 Å². The molecule has 142 valence electrons. The van der Waals surface area contributed by atoms with Gasteiger partial charge in [0.05, 0.1) is 25.9 Å². The first-order valence-electron chi connectivity index (χ1n) is 9.08. The molecule has 0 aromatic rings. The first-order valence-corrected chi connectivity index (χ1v) is 10.4. The lowest BCUT2D eigenvalue weighted by Crippen LogP contribution is -2.45. The third kappa shape index (κ3) is 8.58. The highest BCUT2D eigenvalue weighted by molar-refractivity contribution is 14.0. The summed E-state index contributed by atoms with van der Waals surface area (Å²) in [4.78, 5) is 4.64. The summed E-state index contributed by atoms with van der Waals surface area (Å²) in [7, 11) is 0. The van der Waals surface area contributed by atoms with Crippen LogP contribution in [-0.4, -0.2) is 62.5 Å². The molecule has 3 unspecified atom stereocenters. The van der Waals surface area contributed by atoms with Crippen LogP contribution in [0.5, 0.6) is 0 Å². The van der Waals surface area contributed by atoms with Crippen molar-refractivity contribution in [1.82, 2.24) is 10.6 Å². The van der Waals surface area contributed by atoms with E-state index in [9.17, 15) is 0 Å². The van der Waals surface area contributed by atoms with Crippen LogP contribution in [-0.2, 0) is 9.47 Å². The molecule has 0 amide bonds. The van der Waals surface area contributed by atoms with Crippen LogP contribution >= 0.6 is 35.7 Å². The molecule has 0 aromatic carbocycles. The summed E-state index contributed by atoms with van der Waals surface area (Å²) in [5.74, 6) is 0.931. The Morgan fingerprint density at radius 1 is 1.29 bits per heavy atom. The summed E-state index contributed by atoms with van der Waals surface area (Å²) >= 11 is 1.99. The fourth-order valence-electron chi connectivity index (χ4n) is 3.22. The molecule has 3 atom stereocenters. The molecule has 2 fully saturated rings. The van der Waals surface area contributed by atoms with E-state index in [0.29, 0.717) is 31.9 Å². The predicted molar refractivity (Wildman–Crippen MR) is 114 cm³/mol. The molecule has 5 nitrogen and oxygen atoms in total. The van der Waals surface area contributed by atoms with Crippen molar-refractivity contribution in [3.8, 4) is 0 Å². The Balaban J connectivity index is 0.00000288. The molecule has 1 heterocycles. The monoisotopic (exact) mass is 471 g/mol. The van der Waals surface area contributed by atoms with E-state index in [4.69, 9.17) is 9.47 Å².